The van der Waals surface area contributed by atoms with E-state index in [0.29, 0.717) is 0 Å². The summed E-state index contributed by atoms with van der Waals surface area (Å²) in [6.45, 7) is 0.862. The molecule has 0 spiro atoms. The number of aromatic amines is 1. The third-order valence-electron chi connectivity index (χ3n) is 2.25. The molecule has 1 aromatic heterocycles. The molecule has 0 fully saturated rings. The van der Waals surface area contributed by atoms with Crippen LogP contribution >= 0.6 is 11.8 Å². The summed E-state index contributed by atoms with van der Waals surface area (Å²) >= 11 is 1.76. The fraction of sp³-hybridized carbons (Fsp3) is 0.167. The molecule has 3 heteroatoms. The van der Waals surface area contributed by atoms with Crippen LogP contribution in [0.2, 0.25) is 0 Å². The molecule has 1 aromatic carbocycles. The summed E-state index contributed by atoms with van der Waals surface area (Å²) < 4.78 is 0. The number of thioether (sulfide) groups is 1. The molecule has 0 saturated heterocycles. The highest BCUT2D eigenvalue weighted by Crippen LogP contribution is 2.24. The van der Waals surface area contributed by atoms with E-state index in [1.165, 1.54) is 16.1 Å². The van der Waals surface area contributed by atoms with Crippen molar-refractivity contribution in [3.8, 4) is 0 Å². The van der Waals surface area contributed by atoms with Gasteiger partial charge in [0.1, 0.15) is 0 Å². The Hall–Kier alpha value is -1.35. The summed E-state index contributed by atoms with van der Waals surface area (Å²) in [6.07, 6.45) is 6.04. The molecule has 0 saturated carbocycles. The number of hydrogen-bond donors (Lipinski definition) is 2. The van der Waals surface area contributed by atoms with E-state index >= 15 is 0 Å². The highest BCUT2D eigenvalue weighted by atomic mass is 32.2. The van der Waals surface area contributed by atoms with Crippen molar-refractivity contribution in [3.05, 3.63) is 48.3 Å². The molecular weight excluding hydrogens is 204 g/mol. The maximum Gasteiger partial charge on any atom is 0.0480 e. The van der Waals surface area contributed by atoms with Gasteiger partial charge in [0.25, 0.3) is 0 Å². The molecule has 1 heterocycles. The first-order valence-corrected chi connectivity index (χ1v) is 6.11. The van der Waals surface area contributed by atoms with Crippen molar-refractivity contribution in [1.82, 2.24) is 4.98 Å². The Morgan fingerprint density at radius 2 is 2.13 bits per heavy atom. The molecular formula is C12H14N2S. The molecule has 78 valence electrons. The zero-order chi connectivity index (χ0) is 10.5. The Morgan fingerprint density at radius 3 is 2.87 bits per heavy atom. The minimum absolute atomic E-state index is 0.862. The molecule has 2 N–H and O–H groups in total. The van der Waals surface area contributed by atoms with Crippen LogP contribution in [-0.2, 0) is 6.54 Å². The Balaban J connectivity index is 2.04. The van der Waals surface area contributed by atoms with Crippen molar-refractivity contribution in [2.75, 3.05) is 11.6 Å². The number of benzene rings is 1. The quantitative estimate of drug-likeness (QED) is 0.770. The van der Waals surface area contributed by atoms with Crippen molar-refractivity contribution in [2.45, 2.75) is 11.4 Å². The normalized spacial score (nSPS) is 10.2. The van der Waals surface area contributed by atoms with E-state index in [4.69, 9.17) is 0 Å². The second-order valence-corrected chi connectivity index (χ2v) is 4.12. The molecule has 0 aliphatic rings. The van der Waals surface area contributed by atoms with Crippen molar-refractivity contribution >= 4 is 17.4 Å². The molecule has 0 radical (unpaired) electrons. The average molecular weight is 218 g/mol. The van der Waals surface area contributed by atoms with Gasteiger partial charge in [-0.3, -0.25) is 0 Å². The smallest absolute Gasteiger partial charge is 0.0480 e. The Kier molecular flexibility index (Phi) is 3.35. The molecule has 0 aliphatic carbocycles. The van der Waals surface area contributed by atoms with Crippen LogP contribution < -0.4 is 5.32 Å². The average Bonchev–Trinajstić information content (AvgIpc) is 2.79. The molecule has 0 bridgehead atoms. The maximum atomic E-state index is 3.43. The molecule has 2 rings (SSSR count). The number of H-pyrrole nitrogens is 1. The van der Waals surface area contributed by atoms with Crippen LogP contribution in [0.3, 0.4) is 0 Å². The third kappa shape index (κ3) is 2.57. The van der Waals surface area contributed by atoms with E-state index in [0.717, 1.165) is 6.54 Å². The van der Waals surface area contributed by atoms with Gasteiger partial charge in [-0.1, -0.05) is 12.1 Å². The van der Waals surface area contributed by atoms with Gasteiger partial charge in [-0.2, -0.15) is 0 Å². The summed E-state index contributed by atoms with van der Waals surface area (Å²) in [5.41, 5.74) is 2.47. The molecule has 0 atom stereocenters. The van der Waals surface area contributed by atoms with Gasteiger partial charge >= 0.3 is 0 Å². The second kappa shape index (κ2) is 4.94. The van der Waals surface area contributed by atoms with Crippen LogP contribution in [0.15, 0.2) is 47.6 Å². The standard InChI is InChI=1S/C12H14N2S/c1-15-12-5-3-2-4-11(12)14-9-10-6-7-13-8-10/h2-8,13-14H,9H2,1H3. The van der Waals surface area contributed by atoms with E-state index in [-0.39, 0.29) is 0 Å². The summed E-state index contributed by atoms with van der Waals surface area (Å²) in [6, 6.07) is 10.4. The van der Waals surface area contributed by atoms with Crippen LogP contribution in [0.4, 0.5) is 5.69 Å². The van der Waals surface area contributed by atoms with Crippen molar-refractivity contribution in [2.24, 2.45) is 0 Å². The van der Waals surface area contributed by atoms with Gasteiger partial charge in [-0.15, -0.1) is 11.8 Å². The number of aromatic nitrogens is 1. The molecule has 2 aromatic rings. The maximum absolute atomic E-state index is 3.43. The Bertz CT molecular complexity index is 409. The zero-order valence-electron chi connectivity index (χ0n) is 8.66. The summed E-state index contributed by atoms with van der Waals surface area (Å²) in [5.74, 6) is 0. The molecule has 0 unspecified atom stereocenters. The fourth-order valence-electron chi connectivity index (χ4n) is 1.46. The highest BCUT2D eigenvalue weighted by molar-refractivity contribution is 7.98. The molecule has 0 aliphatic heterocycles. The van der Waals surface area contributed by atoms with Gasteiger partial charge in [0.15, 0.2) is 0 Å². The summed E-state index contributed by atoms with van der Waals surface area (Å²) in [7, 11) is 0. The van der Waals surface area contributed by atoms with Gasteiger partial charge in [0.2, 0.25) is 0 Å². The summed E-state index contributed by atoms with van der Waals surface area (Å²) in [4.78, 5) is 4.33. The van der Waals surface area contributed by atoms with Gasteiger partial charge in [-0.05, 0) is 30.0 Å². The van der Waals surface area contributed by atoms with Crippen LogP contribution in [0, 0.1) is 0 Å². The monoisotopic (exact) mass is 218 g/mol. The van der Waals surface area contributed by atoms with E-state index in [1.807, 2.05) is 12.4 Å². The zero-order valence-corrected chi connectivity index (χ0v) is 9.47. The lowest BCUT2D eigenvalue weighted by Crippen LogP contribution is -1.99. The van der Waals surface area contributed by atoms with Crippen molar-refractivity contribution in [3.63, 3.8) is 0 Å². The van der Waals surface area contributed by atoms with Gasteiger partial charge in [0, 0.05) is 29.5 Å². The minimum atomic E-state index is 0.862. The molecule has 0 amide bonds. The lowest BCUT2D eigenvalue weighted by Gasteiger charge is -2.08. The number of nitrogens with one attached hydrogen (secondary N) is 2. The van der Waals surface area contributed by atoms with Crippen LogP contribution in [0.1, 0.15) is 5.56 Å². The van der Waals surface area contributed by atoms with Gasteiger partial charge in [0.05, 0.1) is 0 Å². The number of anilines is 1. The topological polar surface area (TPSA) is 27.8 Å². The first-order valence-electron chi connectivity index (χ1n) is 4.88. The van der Waals surface area contributed by atoms with Gasteiger partial charge < -0.3 is 10.3 Å². The van der Waals surface area contributed by atoms with E-state index in [9.17, 15) is 0 Å². The van der Waals surface area contributed by atoms with Crippen LogP contribution in [-0.4, -0.2) is 11.2 Å². The molecule has 15 heavy (non-hydrogen) atoms. The predicted molar refractivity (Wildman–Crippen MR) is 66.3 cm³/mol. The highest BCUT2D eigenvalue weighted by Gasteiger charge is 1.99. The summed E-state index contributed by atoms with van der Waals surface area (Å²) in [5, 5.41) is 3.43. The third-order valence-corrected chi connectivity index (χ3v) is 3.05. The van der Waals surface area contributed by atoms with Crippen LogP contribution in [0.25, 0.3) is 0 Å². The SMILES string of the molecule is CSc1ccccc1NCc1cc[nH]c1. The Morgan fingerprint density at radius 1 is 1.27 bits per heavy atom. The largest absolute Gasteiger partial charge is 0.380 e. The fourth-order valence-corrected chi connectivity index (χ4v) is 2.03. The lowest BCUT2D eigenvalue weighted by atomic mass is 10.3. The number of hydrogen-bond acceptors (Lipinski definition) is 2. The van der Waals surface area contributed by atoms with Crippen molar-refractivity contribution < 1.29 is 0 Å². The first-order chi connectivity index (χ1) is 7.40. The van der Waals surface area contributed by atoms with Gasteiger partial charge in [-0.25, -0.2) is 0 Å². The molecule has 2 nitrogen and oxygen atoms in total. The van der Waals surface area contributed by atoms with E-state index in [2.05, 4.69) is 46.9 Å². The van der Waals surface area contributed by atoms with E-state index in [1.54, 1.807) is 11.8 Å². The lowest BCUT2D eigenvalue weighted by molar-refractivity contribution is 1.13. The van der Waals surface area contributed by atoms with Crippen LogP contribution in [0.5, 0.6) is 0 Å². The first kappa shape index (κ1) is 10.2. The predicted octanol–water partition coefficient (Wildman–Crippen LogP) is 3.35. The minimum Gasteiger partial charge on any atom is -0.380 e. The van der Waals surface area contributed by atoms with Crippen molar-refractivity contribution in [1.29, 1.82) is 0 Å². The second-order valence-electron chi connectivity index (χ2n) is 3.27. The Labute approximate surface area is 94.1 Å². The number of rotatable bonds is 4. The number of para-hydroxylation sites is 1. The van der Waals surface area contributed by atoms with E-state index < -0.39 is 0 Å².